The fourth-order valence-electron chi connectivity index (χ4n) is 2.55. The van der Waals surface area contributed by atoms with Crippen LogP contribution >= 0.6 is 11.6 Å². The fraction of sp³-hybridized carbons (Fsp3) is 0.100. The Morgan fingerprint density at radius 3 is 2.04 bits per heavy atom. The van der Waals surface area contributed by atoms with Gasteiger partial charge in [-0.05, 0) is 23.3 Å². The summed E-state index contributed by atoms with van der Waals surface area (Å²) in [6.07, 6.45) is 1.50. The van der Waals surface area contributed by atoms with Crippen LogP contribution in [0.2, 0.25) is 5.02 Å². The Morgan fingerprint density at radius 2 is 1.52 bits per heavy atom. The molecular weight excluding hydrogens is 334 g/mol. The number of carbonyl (C=O) groups is 1. The number of aromatic nitrogens is 1. The predicted octanol–water partition coefficient (Wildman–Crippen LogP) is 4.05. The molecule has 0 bridgehead atoms. The lowest BCUT2D eigenvalue weighted by atomic mass is 9.99. The first kappa shape index (κ1) is 17.1. The first-order valence-corrected chi connectivity index (χ1v) is 8.35. The van der Waals surface area contributed by atoms with Crippen LogP contribution in [-0.4, -0.2) is 17.4 Å². The Labute approximate surface area is 151 Å². The quantitative estimate of drug-likeness (QED) is 0.704. The van der Waals surface area contributed by atoms with Gasteiger partial charge in [-0.3, -0.25) is 10.1 Å². The van der Waals surface area contributed by atoms with Gasteiger partial charge in [-0.2, -0.15) is 0 Å². The molecular formula is C20H18ClN3O. The minimum atomic E-state index is -0.160. The van der Waals surface area contributed by atoms with Crippen molar-refractivity contribution in [2.24, 2.45) is 0 Å². The molecule has 0 aliphatic heterocycles. The summed E-state index contributed by atoms with van der Waals surface area (Å²) < 4.78 is 0. The number of anilines is 1. The molecule has 0 radical (unpaired) electrons. The smallest absolute Gasteiger partial charge is 0.239 e. The summed E-state index contributed by atoms with van der Waals surface area (Å²) in [5.74, 6) is 0.318. The summed E-state index contributed by atoms with van der Waals surface area (Å²) in [6, 6.07) is 23.4. The van der Waals surface area contributed by atoms with Gasteiger partial charge in [0.1, 0.15) is 5.82 Å². The molecule has 0 unspecified atom stereocenters. The van der Waals surface area contributed by atoms with Gasteiger partial charge in [0, 0.05) is 6.20 Å². The van der Waals surface area contributed by atoms with Crippen molar-refractivity contribution in [3.8, 4) is 0 Å². The average Bonchev–Trinajstić information content (AvgIpc) is 2.66. The molecule has 3 aromatic rings. The van der Waals surface area contributed by atoms with Crippen LogP contribution in [0.4, 0.5) is 5.82 Å². The van der Waals surface area contributed by atoms with Crippen LogP contribution in [0.5, 0.6) is 0 Å². The maximum Gasteiger partial charge on any atom is 0.239 e. The first-order chi connectivity index (χ1) is 12.2. The standard InChI is InChI=1S/C20H18ClN3O/c21-17-11-12-18(22-13-17)24-19(25)14-23-20(15-7-3-1-4-8-15)16-9-5-2-6-10-16/h1-13,20,23H,14H2,(H,22,24,25). The second kappa shape index (κ2) is 8.42. The van der Waals surface area contributed by atoms with E-state index in [1.165, 1.54) is 6.20 Å². The van der Waals surface area contributed by atoms with Crippen molar-refractivity contribution < 1.29 is 4.79 Å². The lowest BCUT2D eigenvalue weighted by molar-refractivity contribution is -0.115. The van der Waals surface area contributed by atoms with Crippen LogP contribution in [-0.2, 0) is 4.79 Å². The normalized spacial score (nSPS) is 10.6. The number of carbonyl (C=O) groups excluding carboxylic acids is 1. The van der Waals surface area contributed by atoms with Crippen LogP contribution in [0, 0.1) is 0 Å². The summed E-state index contributed by atoms with van der Waals surface area (Å²) in [5.41, 5.74) is 2.21. The molecule has 0 spiro atoms. The molecule has 1 aromatic heterocycles. The zero-order chi connectivity index (χ0) is 17.5. The van der Waals surface area contributed by atoms with Gasteiger partial charge in [0.2, 0.25) is 5.91 Å². The van der Waals surface area contributed by atoms with Gasteiger partial charge < -0.3 is 5.32 Å². The van der Waals surface area contributed by atoms with Crippen LogP contribution in [0.3, 0.4) is 0 Å². The second-order valence-corrected chi connectivity index (χ2v) is 5.98. The zero-order valence-corrected chi connectivity index (χ0v) is 14.3. The summed E-state index contributed by atoms with van der Waals surface area (Å²) in [6.45, 7) is 0.165. The Morgan fingerprint density at radius 1 is 0.920 bits per heavy atom. The minimum Gasteiger partial charge on any atom is -0.310 e. The molecule has 126 valence electrons. The highest BCUT2D eigenvalue weighted by atomic mass is 35.5. The van der Waals surface area contributed by atoms with Crippen molar-refractivity contribution >= 4 is 23.3 Å². The Kier molecular flexibility index (Phi) is 5.77. The number of hydrogen-bond donors (Lipinski definition) is 2. The summed E-state index contributed by atoms with van der Waals surface area (Å²) in [7, 11) is 0. The monoisotopic (exact) mass is 351 g/mol. The van der Waals surface area contributed by atoms with Gasteiger partial charge in [-0.1, -0.05) is 72.3 Å². The van der Waals surface area contributed by atoms with Crippen molar-refractivity contribution in [3.05, 3.63) is 95.1 Å². The predicted molar refractivity (Wildman–Crippen MR) is 101 cm³/mol. The van der Waals surface area contributed by atoms with E-state index in [0.29, 0.717) is 10.8 Å². The molecule has 0 saturated heterocycles. The number of nitrogens with zero attached hydrogens (tertiary/aromatic N) is 1. The molecule has 3 rings (SSSR count). The highest BCUT2D eigenvalue weighted by Gasteiger charge is 2.14. The summed E-state index contributed by atoms with van der Waals surface area (Å²) >= 11 is 5.80. The van der Waals surface area contributed by atoms with Gasteiger partial charge in [-0.15, -0.1) is 0 Å². The third kappa shape index (κ3) is 4.89. The number of pyridine rings is 1. The van der Waals surface area contributed by atoms with Gasteiger partial charge >= 0.3 is 0 Å². The third-order valence-corrected chi connectivity index (χ3v) is 3.95. The average molecular weight is 352 g/mol. The zero-order valence-electron chi connectivity index (χ0n) is 13.5. The van der Waals surface area contributed by atoms with Crippen LogP contribution in [0.15, 0.2) is 79.0 Å². The molecule has 25 heavy (non-hydrogen) atoms. The second-order valence-electron chi connectivity index (χ2n) is 5.55. The number of halogens is 1. The van der Waals surface area contributed by atoms with Gasteiger partial charge in [0.15, 0.2) is 0 Å². The van der Waals surface area contributed by atoms with Gasteiger partial charge in [0.05, 0.1) is 17.6 Å². The van der Waals surface area contributed by atoms with Gasteiger partial charge in [0.25, 0.3) is 0 Å². The maximum atomic E-state index is 12.2. The van der Waals surface area contributed by atoms with Crippen molar-refractivity contribution in [2.45, 2.75) is 6.04 Å². The Bertz CT molecular complexity index is 768. The number of rotatable bonds is 6. The van der Waals surface area contributed by atoms with E-state index in [0.717, 1.165) is 11.1 Å². The molecule has 0 saturated carbocycles. The molecule has 2 N–H and O–H groups in total. The van der Waals surface area contributed by atoms with Crippen LogP contribution in [0.25, 0.3) is 0 Å². The summed E-state index contributed by atoms with van der Waals surface area (Å²) in [4.78, 5) is 16.3. The largest absolute Gasteiger partial charge is 0.310 e. The van der Waals surface area contributed by atoms with Crippen molar-refractivity contribution in [1.29, 1.82) is 0 Å². The highest BCUT2D eigenvalue weighted by Crippen LogP contribution is 2.21. The third-order valence-electron chi connectivity index (χ3n) is 3.73. The van der Waals surface area contributed by atoms with E-state index >= 15 is 0 Å². The topological polar surface area (TPSA) is 54.0 Å². The molecule has 2 aromatic carbocycles. The number of amides is 1. The molecule has 0 atom stereocenters. The first-order valence-electron chi connectivity index (χ1n) is 7.97. The van der Waals surface area contributed by atoms with E-state index in [4.69, 9.17) is 11.6 Å². The molecule has 4 nitrogen and oxygen atoms in total. The summed E-state index contributed by atoms with van der Waals surface area (Å²) in [5, 5.41) is 6.61. The van der Waals surface area contributed by atoms with Gasteiger partial charge in [-0.25, -0.2) is 4.98 Å². The lowest BCUT2D eigenvalue weighted by Crippen LogP contribution is -2.32. The van der Waals surface area contributed by atoms with E-state index in [1.54, 1.807) is 12.1 Å². The Balaban J connectivity index is 1.68. The number of nitrogens with one attached hydrogen (secondary N) is 2. The highest BCUT2D eigenvalue weighted by molar-refractivity contribution is 6.30. The van der Waals surface area contributed by atoms with Crippen LogP contribution < -0.4 is 10.6 Å². The lowest BCUT2D eigenvalue weighted by Gasteiger charge is -2.19. The van der Waals surface area contributed by atoms with Crippen molar-refractivity contribution in [1.82, 2.24) is 10.3 Å². The number of benzene rings is 2. The van der Waals surface area contributed by atoms with Crippen LogP contribution in [0.1, 0.15) is 17.2 Å². The maximum absolute atomic E-state index is 12.2. The van der Waals surface area contributed by atoms with E-state index in [-0.39, 0.29) is 18.5 Å². The fourth-order valence-corrected chi connectivity index (χ4v) is 2.66. The van der Waals surface area contributed by atoms with E-state index in [9.17, 15) is 4.79 Å². The number of hydrogen-bond acceptors (Lipinski definition) is 3. The minimum absolute atomic E-state index is 0.0636. The van der Waals surface area contributed by atoms with E-state index in [2.05, 4.69) is 15.6 Å². The molecule has 0 aliphatic carbocycles. The Hall–Kier alpha value is -2.69. The van der Waals surface area contributed by atoms with Crippen molar-refractivity contribution in [2.75, 3.05) is 11.9 Å². The SMILES string of the molecule is O=C(CNC(c1ccccc1)c1ccccc1)Nc1ccc(Cl)cn1. The molecule has 1 heterocycles. The van der Waals surface area contributed by atoms with E-state index in [1.807, 2.05) is 60.7 Å². The molecule has 1 amide bonds. The molecule has 0 fully saturated rings. The molecule has 5 heteroatoms. The van der Waals surface area contributed by atoms with E-state index < -0.39 is 0 Å². The molecule has 0 aliphatic rings. The van der Waals surface area contributed by atoms with Crippen molar-refractivity contribution in [3.63, 3.8) is 0 Å².